The molecular weight excluding hydrogens is 271 g/mol. The van der Waals surface area contributed by atoms with E-state index >= 15 is 0 Å². The molecule has 5 heteroatoms. The summed E-state index contributed by atoms with van der Waals surface area (Å²) in [4.78, 5) is 12.2. The Morgan fingerprint density at radius 1 is 1.29 bits per heavy atom. The molecule has 0 saturated carbocycles. The third-order valence-electron chi connectivity index (χ3n) is 3.24. The van der Waals surface area contributed by atoms with Gasteiger partial charge in [0.1, 0.15) is 11.6 Å². The largest absolute Gasteiger partial charge is 0.497 e. The van der Waals surface area contributed by atoms with Crippen LogP contribution < -0.4 is 15.8 Å². The highest BCUT2D eigenvalue weighted by molar-refractivity contribution is 5.99. The lowest BCUT2D eigenvalue weighted by Gasteiger charge is -2.16. The van der Waals surface area contributed by atoms with Crippen molar-refractivity contribution in [3.8, 4) is 5.75 Å². The molecule has 0 heterocycles. The molecule has 21 heavy (non-hydrogen) atoms. The Labute approximate surface area is 122 Å². The molecule has 2 aromatic carbocycles. The van der Waals surface area contributed by atoms with Crippen molar-refractivity contribution >= 4 is 11.6 Å². The molecule has 0 unspecified atom stereocenters. The van der Waals surface area contributed by atoms with Gasteiger partial charge in [0.25, 0.3) is 5.91 Å². The van der Waals surface area contributed by atoms with E-state index in [-0.39, 0.29) is 17.3 Å². The van der Waals surface area contributed by atoms with Gasteiger partial charge in [0, 0.05) is 0 Å². The van der Waals surface area contributed by atoms with Crippen LogP contribution in [0.15, 0.2) is 42.5 Å². The van der Waals surface area contributed by atoms with Crippen LogP contribution >= 0.6 is 0 Å². The van der Waals surface area contributed by atoms with E-state index in [1.807, 2.05) is 31.2 Å². The van der Waals surface area contributed by atoms with Crippen LogP contribution in [0, 0.1) is 5.82 Å². The van der Waals surface area contributed by atoms with Crippen molar-refractivity contribution in [2.24, 2.45) is 0 Å². The summed E-state index contributed by atoms with van der Waals surface area (Å²) in [5.74, 6) is -0.308. The van der Waals surface area contributed by atoms with Gasteiger partial charge in [-0.05, 0) is 36.8 Å². The van der Waals surface area contributed by atoms with Crippen LogP contribution in [0.25, 0.3) is 0 Å². The number of anilines is 1. The fourth-order valence-electron chi connectivity index (χ4n) is 2.00. The molecular formula is C16H17FN2O2. The van der Waals surface area contributed by atoms with E-state index in [0.717, 1.165) is 5.56 Å². The lowest BCUT2D eigenvalue weighted by Crippen LogP contribution is -2.27. The Morgan fingerprint density at radius 3 is 2.71 bits per heavy atom. The van der Waals surface area contributed by atoms with E-state index in [2.05, 4.69) is 5.32 Å². The molecule has 0 aliphatic rings. The van der Waals surface area contributed by atoms with Crippen molar-refractivity contribution in [3.05, 3.63) is 59.4 Å². The van der Waals surface area contributed by atoms with Crippen LogP contribution in [0.4, 0.5) is 10.1 Å². The van der Waals surface area contributed by atoms with Crippen molar-refractivity contribution in [2.45, 2.75) is 13.0 Å². The van der Waals surface area contributed by atoms with E-state index in [1.165, 1.54) is 18.2 Å². The number of nitrogens with two attached hydrogens (primary N) is 1. The minimum atomic E-state index is -0.600. The van der Waals surface area contributed by atoms with Crippen LogP contribution in [-0.2, 0) is 0 Å². The number of hydrogen-bond donors (Lipinski definition) is 2. The number of carbonyl (C=O) groups excluding carboxylic acids is 1. The van der Waals surface area contributed by atoms with Crippen LogP contribution in [0.2, 0.25) is 0 Å². The summed E-state index contributed by atoms with van der Waals surface area (Å²) in [6.07, 6.45) is 0. The zero-order valence-electron chi connectivity index (χ0n) is 11.9. The maximum absolute atomic E-state index is 13.4. The highest BCUT2D eigenvalue weighted by atomic mass is 19.1. The van der Waals surface area contributed by atoms with E-state index in [4.69, 9.17) is 10.5 Å². The quantitative estimate of drug-likeness (QED) is 0.850. The molecule has 0 fully saturated rings. The first-order valence-electron chi connectivity index (χ1n) is 6.51. The maximum atomic E-state index is 13.4. The first kappa shape index (κ1) is 14.8. The number of nitrogens with one attached hydrogen (secondary N) is 1. The standard InChI is InChI=1S/C16H17FN2O2/c1-10(11-5-3-6-12(9-11)21-2)19-16(20)13-7-4-8-14(17)15(13)18/h3-10H,18H2,1-2H3,(H,19,20)/t10-/m1/s1. The highest BCUT2D eigenvalue weighted by Crippen LogP contribution is 2.21. The molecule has 2 aromatic rings. The number of halogens is 1. The molecule has 3 N–H and O–H groups in total. The Balaban J connectivity index is 2.16. The molecule has 1 atom stereocenters. The number of methoxy groups -OCH3 is 1. The van der Waals surface area contributed by atoms with Gasteiger partial charge in [-0.25, -0.2) is 4.39 Å². The van der Waals surface area contributed by atoms with Crippen molar-refractivity contribution in [1.82, 2.24) is 5.32 Å². The summed E-state index contributed by atoms with van der Waals surface area (Å²) in [5, 5.41) is 2.79. The first-order valence-corrected chi connectivity index (χ1v) is 6.51. The molecule has 0 aromatic heterocycles. The van der Waals surface area contributed by atoms with Gasteiger partial charge in [-0.3, -0.25) is 4.79 Å². The average molecular weight is 288 g/mol. The van der Waals surface area contributed by atoms with Gasteiger partial charge in [-0.2, -0.15) is 0 Å². The Bertz CT molecular complexity index is 658. The molecule has 2 rings (SSSR count). The SMILES string of the molecule is COc1cccc([C@@H](C)NC(=O)c2cccc(F)c2N)c1. The maximum Gasteiger partial charge on any atom is 0.253 e. The van der Waals surface area contributed by atoms with Crippen LogP contribution in [0.1, 0.15) is 28.9 Å². The number of amides is 1. The second-order valence-corrected chi connectivity index (χ2v) is 4.67. The first-order chi connectivity index (χ1) is 10.0. The molecule has 110 valence electrons. The summed E-state index contributed by atoms with van der Waals surface area (Å²) < 4.78 is 18.5. The average Bonchev–Trinajstić information content (AvgIpc) is 2.49. The number of ether oxygens (including phenoxy) is 1. The monoisotopic (exact) mass is 288 g/mol. The molecule has 0 spiro atoms. The third kappa shape index (κ3) is 3.31. The molecule has 0 aliphatic heterocycles. The summed E-state index contributed by atoms with van der Waals surface area (Å²) >= 11 is 0. The number of benzene rings is 2. The van der Waals surface area contributed by atoms with Gasteiger partial charge in [0.2, 0.25) is 0 Å². The number of para-hydroxylation sites is 1. The second-order valence-electron chi connectivity index (χ2n) is 4.67. The minimum absolute atomic E-state index is 0.129. The van der Waals surface area contributed by atoms with E-state index in [1.54, 1.807) is 7.11 Å². The lowest BCUT2D eigenvalue weighted by atomic mass is 10.1. The molecule has 0 bridgehead atoms. The molecule has 0 aliphatic carbocycles. The number of hydrogen-bond acceptors (Lipinski definition) is 3. The number of rotatable bonds is 4. The van der Waals surface area contributed by atoms with E-state index in [9.17, 15) is 9.18 Å². The summed E-state index contributed by atoms with van der Waals surface area (Å²) in [6, 6.07) is 11.3. The Morgan fingerprint density at radius 2 is 2.00 bits per heavy atom. The molecule has 4 nitrogen and oxygen atoms in total. The fraction of sp³-hybridized carbons (Fsp3) is 0.188. The van der Waals surface area contributed by atoms with Gasteiger partial charge < -0.3 is 15.8 Å². The van der Waals surface area contributed by atoms with Gasteiger partial charge in [0.15, 0.2) is 0 Å². The summed E-state index contributed by atoms with van der Waals surface area (Å²) in [6.45, 7) is 1.84. The fourth-order valence-corrected chi connectivity index (χ4v) is 2.00. The lowest BCUT2D eigenvalue weighted by molar-refractivity contribution is 0.0940. The normalized spacial score (nSPS) is 11.8. The van der Waals surface area contributed by atoms with Gasteiger partial charge in [0.05, 0.1) is 24.4 Å². The predicted octanol–water partition coefficient (Wildman–Crippen LogP) is 2.91. The van der Waals surface area contributed by atoms with Gasteiger partial charge >= 0.3 is 0 Å². The summed E-state index contributed by atoms with van der Waals surface area (Å²) in [7, 11) is 1.58. The zero-order chi connectivity index (χ0) is 15.4. The van der Waals surface area contributed by atoms with Crippen molar-refractivity contribution < 1.29 is 13.9 Å². The Hall–Kier alpha value is -2.56. The topological polar surface area (TPSA) is 64.3 Å². The van der Waals surface area contributed by atoms with Crippen molar-refractivity contribution in [2.75, 3.05) is 12.8 Å². The van der Waals surface area contributed by atoms with Gasteiger partial charge in [-0.15, -0.1) is 0 Å². The Kier molecular flexibility index (Phi) is 4.42. The smallest absolute Gasteiger partial charge is 0.253 e. The second kappa shape index (κ2) is 6.26. The highest BCUT2D eigenvalue weighted by Gasteiger charge is 2.15. The molecule has 0 saturated heterocycles. The van der Waals surface area contributed by atoms with Crippen molar-refractivity contribution in [3.63, 3.8) is 0 Å². The third-order valence-corrected chi connectivity index (χ3v) is 3.24. The van der Waals surface area contributed by atoms with Crippen molar-refractivity contribution in [1.29, 1.82) is 0 Å². The van der Waals surface area contributed by atoms with E-state index < -0.39 is 11.7 Å². The molecule has 1 amide bonds. The molecule has 0 radical (unpaired) electrons. The van der Waals surface area contributed by atoms with E-state index in [0.29, 0.717) is 5.75 Å². The summed E-state index contributed by atoms with van der Waals surface area (Å²) in [5.41, 5.74) is 6.46. The zero-order valence-corrected chi connectivity index (χ0v) is 11.9. The van der Waals surface area contributed by atoms with Crippen LogP contribution in [0.3, 0.4) is 0 Å². The van der Waals surface area contributed by atoms with Crippen LogP contribution in [0.5, 0.6) is 5.75 Å². The minimum Gasteiger partial charge on any atom is -0.497 e. The van der Waals surface area contributed by atoms with Gasteiger partial charge in [-0.1, -0.05) is 18.2 Å². The number of nitrogen functional groups attached to an aromatic ring is 1. The number of carbonyl (C=O) groups is 1. The predicted molar refractivity (Wildman–Crippen MR) is 79.7 cm³/mol. The van der Waals surface area contributed by atoms with Crippen LogP contribution in [-0.4, -0.2) is 13.0 Å².